The van der Waals surface area contributed by atoms with Gasteiger partial charge in [-0.25, -0.2) is 0 Å². The van der Waals surface area contributed by atoms with Gasteiger partial charge < -0.3 is 14.5 Å². The van der Waals surface area contributed by atoms with E-state index in [1.807, 2.05) is 19.1 Å². The molecule has 15 heavy (non-hydrogen) atoms. The Labute approximate surface area is 88.6 Å². The van der Waals surface area contributed by atoms with Crippen molar-refractivity contribution >= 4 is 5.97 Å². The highest BCUT2D eigenvalue weighted by Crippen LogP contribution is 2.30. The SMILES string of the molecule is COC(=O)[C@@H]1CNC[C@H]1c1ccc(C)o1. The number of hydrogen-bond donors (Lipinski definition) is 1. The Hall–Kier alpha value is -1.29. The molecule has 4 heteroatoms. The topological polar surface area (TPSA) is 51.5 Å². The van der Waals surface area contributed by atoms with E-state index in [-0.39, 0.29) is 17.8 Å². The standard InChI is InChI=1S/C11H15NO3/c1-7-3-4-10(15-7)8-5-12-6-9(8)11(13)14-2/h3-4,8-9,12H,5-6H2,1-2H3/t8-,9-/m1/s1. The van der Waals surface area contributed by atoms with E-state index in [4.69, 9.17) is 9.15 Å². The van der Waals surface area contributed by atoms with Gasteiger partial charge in [0.25, 0.3) is 0 Å². The van der Waals surface area contributed by atoms with Crippen molar-refractivity contribution in [1.29, 1.82) is 0 Å². The zero-order chi connectivity index (χ0) is 10.8. The van der Waals surface area contributed by atoms with Gasteiger partial charge in [0.05, 0.1) is 13.0 Å². The first kappa shape index (κ1) is 10.2. The summed E-state index contributed by atoms with van der Waals surface area (Å²) >= 11 is 0. The molecular formula is C11H15NO3. The van der Waals surface area contributed by atoms with Crippen molar-refractivity contribution in [1.82, 2.24) is 5.32 Å². The van der Waals surface area contributed by atoms with Gasteiger partial charge in [-0.2, -0.15) is 0 Å². The molecule has 2 atom stereocenters. The first-order valence-electron chi connectivity index (χ1n) is 5.07. The fraction of sp³-hybridized carbons (Fsp3) is 0.545. The molecule has 0 radical (unpaired) electrons. The van der Waals surface area contributed by atoms with E-state index in [9.17, 15) is 4.79 Å². The molecule has 0 amide bonds. The zero-order valence-electron chi connectivity index (χ0n) is 8.95. The molecule has 1 N–H and O–H groups in total. The minimum atomic E-state index is -0.168. The largest absolute Gasteiger partial charge is 0.469 e. The van der Waals surface area contributed by atoms with Crippen molar-refractivity contribution in [3.05, 3.63) is 23.7 Å². The van der Waals surface area contributed by atoms with Crippen LogP contribution in [0.2, 0.25) is 0 Å². The first-order valence-corrected chi connectivity index (χ1v) is 5.07. The van der Waals surface area contributed by atoms with Gasteiger partial charge in [0, 0.05) is 19.0 Å². The Balaban J connectivity index is 2.18. The second-order valence-corrected chi connectivity index (χ2v) is 3.84. The molecule has 0 aliphatic carbocycles. The predicted molar refractivity (Wildman–Crippen MR) is 54.6 cm³/mol. The summed E-state index contributed by atoms with van der Waals surface area (Å²) in [6.45, 7) is 3.34. The summed E-state index contributed by atoms with van der Waals surface area (Å²) < 4.78 is 10.3. The van der Waals surface area contributed by atoms with Crippen LogP contribution in [0, 0.1) is 12.8 Å². The van der Waals surface area contributed by atoms with Crippen molar-refractivity contribution in [3.63, 3.8) is 0 Å². The number of furan rings is 1. The summed E-state index contributed by atoms with van der Waals surface area (Å²) in [5.41, 5.74) is 0. The maximum absolute atomic E-state index is 11.5. The molecule has 2 heterocycles. The van der Waals surface area contributed by atoms with Crippen LogP contribution in [-0.2, 0) is 9.53 Å². The van der Waals surface area contributed by atoms with Crippen LogP contribution in [0.3, 0.4) is 0 Å². The smallest absolute Gasteiger partial charge is 0.310 e. The number of hydrogen-bond acceptors (Lipinski definition) is 4. The third-order valence-electron chi connectivity index (χ3n) is 2.84. The summed E-state index contributed by atoms with van der Waals surface area (Å²) in [6, 6.07) is 3.85. The number of ether oxygens (including phenoxy) is 1. The van der Waals surface area contributed by atoms with Crippen molar-refractivity contribution < 1.29 is 13.9 Å². The van der Waals surface area contributed by atoms with Crippen molar-refractivity contribution in [2.75, 3.05) is 20.2 Å². The third-order valence-corrected chi connectivity index (χ3v) is 2.84. The summed E-state index contributed by atoms with van der Waals surface area (Å²) in [6.07, 6.45) is 0. The Morgan fingerprint density at radius 2 is 2.33 bits per heavy atom. The highest BCUT2D eigenvalue weighted by atomic mass is 16.5. The maximum atomic E-state index is 11.5. The summed E-state index contributed by atoms with van der Waals surface area (Å²) in [5.74, 6) is 1.55. The molecule has 82 valence electrons. The van der Waals surface area contributed by atoms with Gasteiger partial charge >= 0.3 is 5.97 Å². The lowest BCUT2D eigenvalue weighted by Gasteiger charge is -2.13. The van der Waals surface area contributed by atoms with Crippen LogP contribution >= 0.6 is 0 Å². The molecule has 0 bridgehead atoms. The molecule has 2 rings (SSSR count). The van der Waals surface area contributed by atoms with Crippen molar-refractivity contribution in [3.8, 4) is 0 Å². The molecule has 0 spiro atoms. The molecular weight excluding hydrogens is 194 g/mol. The van der Waals surface area contributed by atoms with E-state index in [1.165, 1.54) is 7.11 Å². The summed E-state index contributed by atoms with van der Waals surface area (Å²) in [5, 5.41) is 3.18. The van der Waals surface area contributed by atoms with E-state index < -0.39 is 0 Å². The van der Waals surface area contributed by atoms with Crippen molar-refractivity contribution in [2.45, 2.75) is 12.8 Å². The fourth-order valence-corrected chi connectivity index (χ4v) is 2.03. The van der Waals surface area contributed by atoms with Crippen LogP contribution < -0.4 is 5.32 Å². The van der Waals surface area contributed by atoms with Crippen LogP contribution in [0.25, 0.3) is 0 Å². The van der Waals surface area contributed by atoms with Gasteiger partial charge in [-0.1, -0.05) is 0 Å². The van der Waals surface area contributed by atoms with E-state index in [0.29, 0.717) is 6.54 Å². The molecule has 0 saturated carbocycles. The quantitative estimate of drug-likeness (QED) is 0.740. The molecule has 1 saturated heterocycles. The molecule has 1 aliphatic rings. The Morgan fingerprint density at radius 1 is 1.53 bits per heavy atom. The minimum absolute atomic E-state index is 0.103. The Kier molecular flexibility index (Phi) is 2.77. The number of methoxy groups -OCH3 is 1. The minimum Gasteiger partial charge on any atom is -0.469 e. The van der Waals surface area contributed by atoms with Crippen LogP contribution in [0.4, 0.5) is 0 Å². The van der Waals surface area contributed by atoms with Gasteiger partial charge in [-0.3, -0.25) is 4.79 Å². The van der Waals surface area contributed by atoms with Crippen LogP contribution in [-0.4, -0.2) is 26.2 Å². The van der Waals surface area contributed by atoms with E-state index >= 15 is 0 Å². The lowest BCUT2D eigenvalue weighted by molar-refractivity contribution is -0.145. The second-order valence-electron chi connectivity index (χ2n) is 3.84. The van der Waals surface area contributed by atoms with E-state index in [2.05, 4.69) is 5.32 Å². The normalized spacial score (nSPS) is 25.5. The van der Waals surface area contributed by atoms with Crippen LogP contribution in [0.5, 0.6) is 0 Å². The predicted octanol–water partition coefficient (Wildman–Crippen LogP) is 1.06. The molecule has 1 aliphatic heterocycles. The number of rotatable bonds is 2. The number of carbonyl (C=O) groups excluding carboxylic acids is 1. The van der Waals surface area contributed by atoms with Gasteiger partial charge in [0.1, 0.15) is 11.5 Å². The molecule has 4 nitrogen and oxygen atoms in total. The maximum Gasteiger partial charge on any atom is 0.310 e. The fourth-order valence-electron chi connectivity index (χ4n) is 2.03. The van der Waals surface area contributed by atoms with Gasteiger partial charge in [-0.15, -0.1) is 0 Å². The van der Waals surface area contributed by atoms with Crippen LogP contribution in [0.15, 0.2) is 16.5 Å². The Bertz CT molecular complexity index is 358. The first-order chi connectivity index (χ1) is 7.22. The van der Waals surface area contributed by atoms with Crippen molar-refractivity contribution in [2.24, 2.45) is 5.92 Å². The van der Waals surface area contributed by atoms with Gasteiger partial charge in [-0.05, 0) is 19.1 Å². The highest BCUT2D eigenvalue weighted by molar-refractivity contribution is 5.74. The molecule has 0 aromatic carbocycles. The highest BCUT2D eigenvalue weighted by Gasteiger charge is 2.36. The number of nitrogens with one attached hydrogen (secondary N) is 1. The van der Waals surface area contributed by atoms with Gasteiger partial charge in [0.2, 0.25) is 0 Å². The summed E-state index contributed by atoms with van der Waals surface area (Å²) in [4.78, 5) is 11.5. The second kappa shape index (κ2) is 4.06. The molecule has 1 fully saturated rings. The van der Waals surface area contributed by atoms with Crippen LogP contribution in [0.1, 0.15) is 17.4 Å². The lowest BCUT2D eigenvalue weighted by Crippen LogP contribution is -2.22. The number of aryl methyl sites for hydroxylation is 1. The molecule has 0 unspecified atom stereocenters. The average molecular weight is 209 g/mol. The third kappa shape index (κ3) is 1.90. The summed E-state index contributed by atoms with van der Waals surface area (Å²) in [7, 11) is 1.42. The van der Waals surface area contributed by atoms with Gasteiger partial charge in [0.15, 0.2) is 0 Å². The monoisotopic (exact) mass is 209 g/mol. The average Bonchev–Trinajstić information content (AvgIpc) is 2.84. The Morgan fingerprint density at radius 3 is 2.93 bits per heavy atom. The molecule has 1 aromatic heterocycles. The molecule has 1 aromatic rings. The van der Waals surface area contributed by atoms with E-state index in [1.54, 1.807) is 0 Å². The lowest BCUT2D eigenvalue weighted by atomic mass is 9.94. The number of carbonyl (C=O) groups is 1. The number of esters is 1. The van der Waals surface area contributed by atoms with E-state index in [0.717, 1.165) is 18.1 Å². The zero-order valence-corrected chi connectivity index (χ0v) is 8.95.